The molecule has 0 atom stereocenters. The molecular weight excluding hydrogens is 236 g/mol. The minimum atomic E-state index is -0.238. The van der Waals surface area contributed by atoms with E-state index in [0.29, 0.717) is 5.56 Å². The van der Waals surface area contributed by atoms with Gasteiger partial charge in [0.05, 0.1) is 0 Å². The number of amides is 1. The van der Waals surface area contributed by atoms with Gasteiger partial charge in [-0.05, 0) is 19.1 Å². The van der Waals surface area contributed by atoms with Crippen molar-refractivity contribution in [2.75, 3.05) is 0 Å². The number of carbonyl (C=O) groups excluding carboxylic acids is 1. The number of pyridine rings is 1. The Morgan fingerprint density at radius 2 is 2.18 bits per heavy atom. The third kappa shape index (κ3) is 2.59. The largest absolute Gasteiger partial charge is 0.323 e. The van der Waals surface area contributed by atoms with Gasteiger partial charge in [-0.25, -0.2) is 5.43 Å². The maximum atomic E-state index is 11.7. The summed E-state index contributed by atoms with van der Waals surface area (Å²) in [6, 6.07) is 3.29. The van der Waals surface area contributed by atoms with E-state index in [2.05, 4.69) is 15.5 Å². The lowest BCUT2D eigenvalue weighted by molar-refractivity contribution is 0.0953. The highest BCUT2D eigenvalue weighted by Crippen LogP contribution is 1.97. The molecule has 0 saturated carbocycles. The third-order valence-electron chi connectivity index (χ3n) is 2.35. The summed E-state index contributed by atoms with van der Waals surface area (Å²) in [5, 5.41) is 6.05. The smallest absolute Gasteiger partial charge is 0.271 e. The number of hydrogen-bond acceptors (Lipinski definition) is 4. The van der Waals surface area contributed by atoms with Crippen molar-refractivity contribution in [2.24, 2.45) is 12.1 Å². The van der Waals surface area contributed by atoms with E-state index in [-0.39, 0.29) is 5.91 Å². The number of carbonyl (C=O) groups is 1. The Labute approximate surface area is 102 Å². The fourth-order valence-corrected chi connectivity index (χ4v) is 2.05. The molecule has 2 aromatic heterocycles. The predicted octanol–water partition coefficient (Wildman–Crippen LogP) is 1.04. The van der Waals surface area contributed by atoms with Gasteiger partial charge in [0.1, 0.15) is 0 Å². The molecule has 5 nitrogen and oxygen atoms in total. The molecule has 0 unspecified atom stereocenters. The van der Waals surface area contributed by atoms with Crippen molar-refractivity contribution >= 4 is 17.2 Å². The molecule has 1 amide bonds. The van der Waals surface area contributed by atoms with E-state index in [1.54, 1.807) is 24.5 Å². The van der Waals surface area contributed by atoms with Crippen LogP contribution >= 0.6 is 11.3 Å². The van der Waals surface area contributed by atoms with Gasteiger partial charge >= 0.3 is 0 Å². The van der Waals surface area contributed by atoms with Crippen molar-refractivity contribution in [3.63, 3.8) is 0 Å². The van der Waals surface area contributed by atoms with Crippen molar-refractivity contribution in [3.8, 4) is 0 Å². The SMILES string of the molecule is Cc1cs/c(=N/NC(=O)c2ccncc2)n1C. The van der Waals surface area contributed by atoms with Gasteiger partial charge in [-0.1, -0.05) is 0 Å². The fourth-order valence-electron chi connectivity index (χ4n) is 1.21. The maximum Gasteiger partial charge on any atom is 0.271 e. The highest BCUT2D eigenvalue weighted by molar-refractivity contribution is 7.07. The van der Waals surface area contributed by atoms with Crippen molar-refractivity contribution in [1.29, 1.82) is 0 Å². The zero-order chi connectivity index (χ0) is 12.3. The molecule has 0 saturated heterocycles. The van der Waals surface area contributed by atoms with E-state index in [1.807, 2.05) is 23.9 Å². The molecule has 2 heterocycles. The van der Waals surface area contributed by atoms with Crippen molar-refractivity contribution in [3.05, 3.63) is 46.0 Å². The number of aryl methyl sites for hydroxylation is 1. The van der Waals surface area contributed by atoms with Crippen LogP contribution < -0.4 is 10.2 Å². The highest BCUT2D eigenvalue weighted by Gasteiger charge is 2.03. The van der Waals surface area contributed by atoms with E-state index in [0.717, 1.165) is 10.5 Å². The number of nitrogens with one attached hydrogen (secondary N) is 1. The molecule has 0 fully saturated rings. The molecule has 0 aliphatic carbocycles. The lowest BCUT2D eigenvalue weighted by Crippen LogP contribution is -2.23. The van der Waals surface area contributed by atoms with Gasteiger partial charge in [0, 0.05) is 36.1 Å². The molecule has 0 aliphatic rings. The van der Waals surface area contributed by atoms with Gasteiger partial charge in [0.2, 0.25) is 4.80 Å². The Balaban J connectivity index is 2.16. The molecule has 0 radical (unpaired) electrons. The van der Waals surface area contributed by atoms with Crippen molar-refractivity contribution in [1.82, 2.24) is 15.0 Å². The number of aromatic nitrogens is 2. The maximum absolute atomic E-state index is 11.7. The zero-order valence-corrected chi connectivity index (χ0v) is 10.4. The second kappa shape index (κ2) is 4.92. The Kier molecular flexibility index (Phi) is 3.34. The van der Waals surface area contributed by atoms with Crippen LogP contribution in [0.4, 0.5) is 0 Å². The van der Waals surface area contributed by atoms with Crippen LogP contribution in [-0.2, 0) is 7.05 Å². The van der Waals surface area contributed by atoms with Crippen LogP contribution in [0.25, 0.3) is 0 Å². The summed E-state index contributed by atoms with van der Waals surface area (Å²) in [6.07, 6.45) is 3.15. The molecular formula is C11H12N4OS. The van der Waals surface area contributed by atoms with E-state index < -0.39 is 0 Å². The first-order valence-electron chi connectivity index (χ1n) is 5.03. The molecule has 88 valence electrons. The monoisotopic (exact) mass is 248 g/mol. The Morgan fingerprint density at radius 3 is 2.76 bits per heavy atom. The minimum absolute atomic E-state index is 0.238. The molecule has 0 aliphatic heterocycles. The fraction of sp³-hybridized carbons (Fsp3) is 0.182. The number of thiazole rings is 1. The van der Waals surface area contributed by atoms with E-state index in [9.17, 15) is 4.79 Å². The van der Waals surface area contributed by atoms with Gasteiger partial charge in [-0.3, -0.25) is 9.78 Å². The summed E-state index contributed by atoms with van der Waals surface area (Å²) in [5.74, 6) is -0.238. The summed E-state index contributed by atoms with van der Waals surface area (Å²) in [4.78, 5) is 16.3. The lowest BCUT2D eigenvalue weighted by Gasteiger charge is -1.98. The van der Waals surface area contributed by atoms with Gasteiger partial charge in [0.25, 0.3) is 5.91 Å². The van der Waals surface area contributed by atoms with Crippen molar-refractivity contribution < 1.29 is 4.79 Å². The number of nitrogens with zero attached hydrogens (tertiary/aromatic N) is 3. The number of rotatable bonds is 2. The topological polar surface area (TPSA) is 59.3 Å². The van der Waals surface area contributed by atoms with Crippen LogP contribution in [-0.4, -0.2) is 15.5 Å². The number of hydrogen-bond donors (Lipinski definition) is 1. The van der Waals surface area contributed by atoms with Gasteiger partial charge in [-0.15, -0.1) is 16.4 Å². The minimum Gasteiger partial charge on any atom is -0.323 e. The van der Waals surface area contributed by atoms with Gasteiger partial charge in [0.15, 0.2) is 0 Å². The van der Waals surface area contributed by atoms with E-state index in [1.165, 1.54) is 11.3 Å². The van der Waals surface area contributed by atoms with Crippen molar-refractivity contribution in [2.45, 2.75) is 6.92 Å². The normalized spacial score (nSPS) is 11.5. The molecule has 0 spiro atoms. The van der Waals surface area contributed by atoms with E-state index in [4.69, 9.17) is 0 Å². The molecule has 2 rings (SSSR count). The summed E-state index contributed by atoms with van der Waals surface area (Å²) in [5.41, 5.74) is 4.16. The molecule has 6 heteroatoms. The molecule has 1 N–H and O–H groups in total. The Hall–Kier alpha value is -1.95. The Morgan fingerprint density at radius 1 is 1.47 bits per heavy atom. The second-order valence-corrected chi connectivity index (χ2v) is 4.34. The van der Waals surface area contributed by atoms with Crippen LogP contribution in [0.15, 0.2) is 35.0 Å². The first-order chi connectivity index (χ1) is 8.18. The van der Waals surface area contributed by atoms with Crippen LogP contribution in [0.3, 0.4) is 0 Å². The van der Waals surface area contributed by atoms with Crippen LogP contribution in [0, 0.1) is 6.92 Å². The van der Waals surface area contributed by atoms with E-state index >= 15 is 0 Å². The van der Waals surface area contributed by atoms with Crippen LogP contribution in [0.2, 0.25) is 0 Å². The summed E-state index contributed by atoms with van der Waals surface area (Å²) >= 11 is 1.48. The summed E-state index contributed by atoms with van der Waals surface area (Å²) < 4.78 is 1.91. The molecule has 2 aromatic rings. The standard InChI is InChI=1S/C11H12N4OS/c1-8-7-17-11(15(8)2)14-13-10(16)9-3-5-12-6-4-9/h3-7H,1-2H3,(H,13,16)/b14-11+. The Bertz CT molecular complexity index is 585. The highest BCUT2D eigenvalue weighted by atomic mass is 32.1. The quantitative estimate of drug-likeness (QED) is 0.807. The first-order valence-corrected chi connectivity index (χ1v) is 5.91. The van der Waals surface area contributed by atoms with Crippen LogP contribution in [0.5, 0.6) is 0 Å². The van der Waals surface area contributed by atoms with Gasteiger partial charge < -0.3 is 4.57 Å². The third-order valence-corrected chi connectivity index (χ3v) is 3.38. The second-order valence-electron chi connectivity index (χ2n) is 3.51. The molecule has 0 aromatic carbocycles. The molecule has 0 bridgehead atoms. The lowest BCUT2D eigenvalue weighted by atomic mass is 10.3. The summed E-state index contributed by atoms with van der Waals surface area (Å²) in [7, 11) is 1.91. The summed E-state index contributed by atoms with van der Waals surface area (Å²) in [6.45, 7) is 1.99. The first kappa shape index (κ1) is 11.5. The molecule has 17 heavy (non-hydrogen) atoms. The predicted molar refractivity (Wildman–Crippen MR) is 65.3 cm³/mol. The average Bonchev–Trinajstić information content (AvgIpc) is 2.68. The van der Waals surface area contributed by atoms with Gasteiger partial charge in [-0.2, -0.15) is 0 Å². The van der Waals surface area contributed by atoms with Crippen LogP contribution in [0.1, 0.15) is 16.1 Å². The zero-order valence-electron chi connectivity index (χ0n) is 9.54. The average molecular weight is 248 g/mol.